The first-order valence-corrected chi connectivity index (χ1v) is 5.74. The van der Waals surface area contributed by atoms with Crippen molar-refractivity contribution in [1.82, 2.24) is 10.3 Å². The molecule has 0 spiro atoms. The van der Waals surface area contributed by atoms with E-state index in [0.717, 1.165) is 11.1 Å². The summed E-state index contributed by atoms with van der Waals surface area (Å²) >= 11 is 0. The van der Waals surface area contributed by atoms with Crippen LogP contribution in [0, 0.1) is 20.8 Å². The number of rotatable bonds is 4. The molecule has 6 heteroatoms. The minimum Gasteiger partial charge on any atom is -0.487 e. The van der Waals surface area contributed by atoms with Gasteiger partial charge in [-0.05, 0) is 44.0 Å². The van der Waals surface area contributed by atoms with Gasteiger partial charge in [0.1, 0.15) is 23.7 Å². The van der Waals surface area contributed by atoms with E-state index in [9.17, 15) is 4.79 Å². The summed E-state index contributed by atoms with van der Waals surface area (Å²) in [5.41, 5.74) is 3.10. The van der Waals surface area contributed by atoms with Crippen molar-refractivity contribution < 1.29 is 19.3 Å². The van der Waals surface area contributed by atoms with Crippen LogP contribution in [0.15, 0.2) is 16.8 Å². The number of hydrogen-bond acceptors (Lipinski definition) is 5. The summed E-state index contributed by atoms with van der Waals surface area (Å²) in [6.45, 7) is 5.64. The highest BCUT2D eigenvalue weighted by molar-refractivity contribution is 5.88. The number of aromatic carboxylic acids is 1. The molecule has 0 aliphatic rings. The average molecular weight is 262 g/mol. The zero-order valence-corrected chi connectivity index (χ0v) is 10.9. The Balaban J connectivity index is 2.21. The molecule has 0 unspecified atom stereocenters. The number of carboxylic acids is 1. The third-order valence-electron chi connectivity index (χ3n) is 2.81. The van der Waals surface area contributed by atoms with Crippen LogP contribution in [0.4, 0.5) is 0 Å². The number of carbonyl (C=O) groups is 1. The SMILES string of the molecule is Cc1cc(C(=O)O)cc(C)c1OCc1nonc1C. The number of aromatic nitrogens is 2. The van der Waals surface area contributed by atoms with E-state index in [1.54, 1.807) is 19.1 Å². The molecule has 0 bridgehead atoms. The van der Waals surface area contributed by atoms with E-state index < -0.39 is 5.97 Å². The van der Waals surface area contributed by atoms with Crippen molar-refractivity contribution in [2.45, 2.75) is 27.4 Å². The third kappa shape index (κ3) is 2.73. The van der Waals surface area contributed by atoms with Crippen LogP contribution in [0.5, 0.6) is 5.75 Å². The fourth-order valence-electron chi connectivity index (χ4n) is 1.82. The molecule has 19 heavy (non-hydrogen) atoms. The molecule has 0 radical (unpaired) electrons. The van der Waals surface area contributed by atoms with Crippen LogP contribution < -0.4 is 4.74 Å². The van der Waals surface area contributed by atoms with E-state index in [1.807, 2.05) is 13.8 Å². The summed E-state index contributed by atoms with van der Waals surface area (Å²) in [6.07, 6.45) is 0. The molecule has 0 atom stereocenters. The molecule has 1 heterocycles. The lowest BCUT2D eigenvalue weighted by atomic mass is 10.1. The summed E-state index contributed by atoms with van der Waals surface area (Å²) in [4.78, 5) is 10.9. The Labute approximate surface area is 110 Å². The fraction of sp³-hybridized carbons (Fsp3) is 0.308. The van der Waals surface area contributed by atoms with Crippen molar-refractivity contribution in [3.8, 4) is 5.75 Å². The summed E-state index contributed by atoms with van der Waals surface area (Å²) < 4.78 is 10.3. The molecule has 0 saturated heterocycles. The van der Waals surface area contributed by atoms with E-state index >= 15 is 0 Å². The fourth-order valence-corrected chi connectivity index (χ4v) is 1.82. The maximum atomic E-state index is 10.9. The highest BCUT2D eigenvalue weighted by Gasteiger charge is 2.12. The lowest BCUT2D eigenvalue weighted by Gasteiger charge is -2.12. The number of carboxylic acid groups (broad SMARTS) is 1. The number of nitrogens with zero attached hydrogens (tertiary/aromatic N) is 2. The van der Waals surface area contributed by atoms with Crippen molar-refractivity contribution in [1.29, 1.82) is 0 Å². The first-order chi connectivity index (χ1) is 8.99. The first-order valence-electron chi connectivity index (χ1n) is 5.74. The van der Waals surface area contributed by atoms with Gasteiger partial charge in [0.05, 0.1) is 5.56 Å². The summed E-state index contributed by atoms with van der Waals surface area (Å²) in [7, 11) is 0. The van der Waals surface area contributed by atoms with Crippen LogP contribution in [0.2, 0.25) is 0 Å². The van der Waals surface area contributed by atoms with Crippen LogP contribution in [-0.2, 0) is 6.61 Å². The Morgan fingerprint density at radius 3 is 2.37 bits per heavy atom. The smallest absolute Gasteiger partial charge is 0.335 e. The van der Waals surface area contributed by atoms with Gasteiger partial charge in [0.25, 0.3) is 0 Å². The molecular weight excluding hydrogens is 248 g/mol. The van der Waals surface area contributed by atoms with Gasteiger partial charge in [-0.25, -0.2) is 9.42 Å². The van der Waals surface area contributed by atoms with Gasteiger partial charge in [-0.1, -0.05) is 10.3 Å². The van der Waals surface area contributed by atoms with E-state index in [1.165, 1.54) is 0 Å². The molecule has 0 aliphatic carbocycles. The third-order valence-corrected chi connectivity index (χ3v) is 2.81. The molecule has 0 saturated carbocycles. The molecule has 0 aliphatic heterocycles. The lowest BCUT2D eigenvalue weighted by molar-refractivity contribution is 0.0696. The first kappa shape index (κ1) is 13.1. The number of hydrogen-bond donors (Lipinski definition) is 1. The Morgan fingerprint density at radius 2 is 1.89 bits per heavy atom. The zero-order chi connectivity index (χ0) is 14.0. The molecule has 0 amide bonds. The number of aryl methyl sites for hydroxylation is 3. The Kier molecular flexibility index (Phi) is 3.50. The Hall–Kier alpha value is -2.37. The molecule has 2 aromatic rings. The van der Waals surface area contributed by atoms with Crippen molar-refractivity contribution in [3.63, 3.8) is 0 Å². The highest BCUT2D eigenvalue weighted by atomic mass is 16.6. The molecule has 1 aromatic carbocycles. The molecule has 1 N–H and O–H groups in total. The minimum atomic E-state index is -0.950. The van der Waals surface area contributed by atoms with Gasteiger partial charge in [-0.3, -0.25) is 0 Å². The standard InChI is InChI=1S/C13H14N2O4/c1-7-4-10(13(16)17)5-8(2)12(7)18-6-11-9(3)14-19-15-11/h4-5H,6H2,1-3H3,(H,16,17). The van der Waals surface area contributed by atoms with Crippen LogP contribution >= 0.6 is 0 Å². The quantitative estimate of drug-likeness (QED) is 0.909. The van der Waals surface area contributed by atoms with Gasteiger partial charge in [-0.2, -0.15) is 0 Å². The van der Waals surface area contributed by atoms with Crippen molar-refractivity contribution in [2.75, 3.05) is 0 Å². The van der Waals surface area contributed by atoms with Crippen molar-refractivity contribution >= 4 is 5.97 Å². The second-order valence-corrected chi connectivity index (χ2v) is 4.33. The Morgan fingerprint density at radius 1 is 1.26 bits per heavy atom. The second-order valence-electron chi connectivity index (χ2n) is 4.33. The van der Waals surface area contributed by atoms with Gasteiger partial charge < -0.3 is 9.84 Å². The molecule has 2 rings (SSSR count). The van der Waals surface area contributed by atoms with Crippen LogP contribution in [0.25, 0.3) is 0 Å². The normalized spacial score (nSPS) is 10.5. The molecule has 1 aromatic heterocycles. The largest absolute Gasteiger partial charge is 0.487 e. The van der Waals surface area contributed by atoms with Crippen LogP contribution in [0.3, 0.4) is 0 Å². The van der Waals surface area contributed by atoms with Crippen molar-refractivity contribution in [3.05, 3.63) is 40.2 Å². The van der Waals surface area contributed by atoms with Crippen molar-refractivity contribution in [2.24, 2.45) is 0 Å². The second kappa shape index (κ2) is 5.09. The van der Waals surface area contributed by atoms with Gasteiger partial charge in [0.15, 0.2) is 0 Å². The van der Waals surface area contributed by atoms with Gasteiger partial charge in [0, 0.05) is 0 Å². The van der Waals surface area contributed by atoms with Gasteiger partial charge in [-0.15, -0.1) is 0 Å². The van der Waals surface area contributed by atoms with E-state index in [2.05, 4.69) is 14.9 Å². The monoisotopic (exact) mass is 262 g/mol. The summed E-state index contributed by atoms with van der Waals surface area (Å²) in [6, 6.07) is 3.16. The van der Waals surface area contributed by atoms with Gasteiger partial charge in [0.2, 0.25) is 0 Å². The van der Waals surface area contributed by atoms with E-state index in [-0.39, 0.29) is 12.2 Å². The number of benzene rings is 1. The average Bonchev–Trinajstić information content (AvgIpc) is 2.73. The predicted octanol–water partition coefficient (Wildman–Crippen LogP) is 2.27. The lowest BCUT2D eigenvalue weighted by Crippen LogP contribution is -2.03. The maximum Gasteiger partial charge on any atom is 0.335 e. The molecular formula is C13H14N2O4. The van der Waals surface area contributed by atoms with Crippen LogP contribution in [-0.4, -0.2) is 21.4 Å². The van der Waals surface area contributed by atoms with Crippen LogP contribution in [0.1, 0.15) is 32.9 Å². The number of ether oxygens (including phenoxy) is 1. The molecule has 100 valence electrons. The van der Waals surface area contributed by atoms with E-state index in [4.69, 9.17) is 9.84 Å². The maximum absolute atomic E-state index is 10.9. The summed E-state index contributed by atoms with van der Waals surface area (Å²) in [5.74, 6) is -0.290. The topological polar surface area (TPSA) is 85.5 Å². The summed E-state index contributed by atoms with van der Waals surface area (Å²) in [5, 5.41) is 16.4. The zero-order valence-electron chi connectivity index (χ0n) is 10.9. The molecule has 0 fully saturated rings. The highest BCUT2D eigenvalue weighted by Crippen LogP contribution is 2.25. The van der Waals surface area contributed by atoms with Gasteiger partial charge >= 0.3 is 5.97 Å². The predicted molar refractivity (Wildman–Crippen MR) is 66.2 cm³/mol. The Bertz CT molecular complexity index is 596. The minimum absolute atomic E-state index is 0.240. The van der Waals surface area contributed by atoms with E-state index in [0.29, 0.717) is 17.1 Å². The molecule has 6 nitrogen and oxygen atoms in total.